The van der Waals surface area contributed by atoms with E-state index in [0.717, 1.165) is 12.5 Å². The molecule has 3 N–H and O–H groups in total. The monoisotopic (exact) mass is 269 g/mol. The number of benzene rings is 1. The average molecular weight is 269 g/mol. The van der Waals surface area contributed by atoms with Gasteiger partial charge in [0, 0.05) is 0 Å². The van der Waals surface area contributed by atoms with Crippen molar-refractivity contribution in [1.29, 1.82) is 0 Å². The molecule has 1 atom stereocenters. The third-order valence-electron chi connectivity index (χ3n) is 2.67. The third kappa shape index (κ3) is 3.94. The zero-order chi connectivity index (χ0) is 14.4. The van der Waals surface area contributed by atoms with Crippen LogP contribution in [0, 0.1) is 5.82 Å². The van der Waals surface area contributed by atoms with Crippen LogP contribution in [-0.2, 0) is 4.79 Å². The van der Waals surface area contributed by atoms with E-state index in [0.29, 0.717) is 6.42 Å². The first-order valence-corrected chi connectivity index (χ1v) is 5.98. The molecule has 1 amide bonds. The molecule has 0 bridgehead atoms. The summed E-state index contributed by atoms with van der Waals surface area (Å²) in [7, 11) is 0. The molecule has 0 aromatic heterocycles. The zero-order valence-corrected chi connectivity index (χ0v) is 10.5. The van der Waals surface area contributed by atoms with Crippen LogP contribution in [-0.4, -0.2) is 28.1 Å². The van der Waals surface area contributed by atoms with E-state index < -0.39 is 35.0 Å². The maximum atomic E-state index is 13.4. The number of carboxylic acids is 1. The van der Waals surface area contributed by atoms with Crippen LogP contribution in [0.3, 0.4) is 0 Å². The third-order valence-corrected chi connectivity index (χ3v) is 2.67. The van der Waals surface area contributed by atoms with Gasteiger partial charge in [0.2, 0.25) is 0 Å². The van der Waals surface area contributed by atoms with E-state index in [4.69, 9.17) is 5.11 Å². The van der Waals surface area contributed by atoms with Crippen molar-refractivity contribution in [2.45, 2.75) is 32.2 Å². The fourth-order valence-electron chi connectivity index (χ4n) is 1.63. The van der Waals surface area contributed by atoms with Crippen LogP contribution >= 0.6 is 0 Å². The van der Waals surface area contributed by atoms with E-state index in [1.165, 1.54) is 12.1 Å². The number of phenolic OH excluding ortho intramolecular Hbond substituents is 1. The van der Waals surface area contributed by atoms with E-state index in [9.17, 15) is 19.1 Å². The number of hydrogen-bond acceptors (Lipinski definition) is 3. The lowest BCUT2D eigenvalue weighted by molar-refractivity contribution is -0.139. The van der Waals surface area contributed by atoms with E-state index >= 15 is 0 Å². The topological polar surface area (TPSA) is 86.6 Å². The van der Waals surface area contributed by atoms with E-state index in [1.807, 2.05) is 6.92 Å². The Bertz CT molecular complexity index is 455. The molecule has 0 radical (unpaired) electrons. The standard InChI is InChI=1S/C13H16FNO4/c1-2-3-6-9(13(18)19)15-12(17)11-8(14)5-4-7-10(11)16/h4-5,7,9,16H,2-3,6H2,1H3,(H,15,17)(H,18,19). The molecule has 0 aliphatic carbocycles. The molecular weight excluding hydrogens is 253 g/mol. The minimum absolute atomic E-state index is 0.257. The van der Waals surface area contributed by atoms with Gasteiger partial charge in [-0.25, -0.2) is 9.18 Å². The molecule has 0 saturated heterocycles. The summed E-state index contributed by atoms with van der Waals surface area (Å²) >= 11 is 0. The first-order chi connectivity index (χ1) is 8.97. The number of carbonyl (C=O) groups excluding carboxylic acids is 1. The summed E-state index contributed by atoms with van der Waals surface area (Å²) in [5.74, 6) is -3.52. The Morgan fingerprint density at radius 1 is 1.42 bits per heavy atom. The van der Waals surface area contributed by atoms with E-state index in [2.05, 4.69) is 5.32 Å². The molecular formula is C13H16FNO4. The maximum Gasteiger partial charge on any atom is 0.326 e. The van der Waals surface area contributed by atoms with Crippen molar-refractivity contribution in [3.05, 3.63) is 29.6 Å². The van der Waals surface area contributed by atoms with Gasteiger partial charge < -0.3 is 15.5 Å². The summed E-state index contributed by atoms with van der Waals surface area (Å²) in [5.41, 5.74) is -0.537. The summed E-state index contributed by atoms with van der Waals surface area (Å²) in [6.45, 7) is 1.89. The van der Waals surface area contributed by atoms with Gasteiger partial charge in [-0.1, -0.05) is 25.8 Å². The number of nitrogens with one attached hydrogen (secondary N) is 1. The van der Waals surface area contributed by atoms with Gasteiger partial charge in [0.1, 0.15) is 23.2 Å². The number of hydrogen-bond donors (Lipinski definition) is 3. The van der Waals surface area contributed by atoms with Gasteiger partial charge in [-0.05, 0) is 18.6 Å². The highest BCUT2D eigenvalue weighted by molar-refractivity contribution is 5.99. The minimum atomic E-state index is -1.18. The molecule has 104 valence electrons. The van der Waals surface area contributed by atoms with Crippen LogP contribution < -0.4 is 5.32 Å². The van der Waals surface area contributed by atoms with Crippen LogP contribution in [0.5, 0.6) is 5.75 Å². The first kappa shape index (κ1) is 14.9. The summed E-state index contributed by atoms with van der Waals surface area (Å²) in [6.07, 6.45) is 1.66. The van der Waals surface area contributed by atoms with Gasteiger partial charge in [-0.15, -0.1) is 0 Å². The van der Waals surface area contributed by atoms with Crippen LogP contribution in [0.4, 0.5) is 4.39 Å². The van der Waals surface area contributed by atoms with Crippen molar-refractivity contribution < 1.29 is 24.2 Å². The van der Waals surface area contributed by atoms with Crippen molar-refractivity contribution in [3.8, 4) is 5.75 Å². The number of carbonyl (C=O) groups is 2. The minimum Gasteiger partial charge on any atom is -0.507 e. The first-order valence-electron chi connectivity index (χ1n) is 5.98. The molecule has 1 aromatic carbocycles. The van der Waals surface area contributed by atoms with Crippen molar-refractivity contribution in [2.24, 2.45) is 0 Å². The molecule has 6 heteroatoms. The lowest BCUT2D eigenvalue weighted by atomic mass is 10.1. The van der Waals surface area contributed by atoms with Gasteiger partial charge in [0.15, 0.2) is 0 Å². The van der Waals surface area contributed by atoms with Crippen molar-refractivity contribution in [1.82, 2.24) is 5.32 Å². The average Bonchev–Trinajstić information content (AvgIpc) is 2.33. The molecule has 19 heavy (non-hydrogen) atoms. The Hall–Kier alpha value is -2.11. The number of halogens is 1. The molecule has 0 aliphatic heterocycles. The summed E-state index contributed by atoms with van der Waals surface area (Å²) in [6, 6.07) is 2.36. The Labute approximate surface area is 110 Å². The van der Waals surface area contributed by atoms with Gasteiger partial charge >= 0.3 is 5.97 Å². The fourth-order valence-corrected chi connectivity index (χ4v) is 1.63. The van der Waals surface area contributed by atoms with Crippen LogP contribution in [0.15, 0.2) is 18.2 Å². The van der Waals surface area contributed by atoms with E-state index in [-0.39, 0.29) is 6.42 Å². The van der Waals surface area contributed by atoms with Gasteiger partial charge in [-0.3, -0.25) is 4.79 Å². The Morgan fingerprint density at radius 2 is 2.11 bits per heavy atom. The Balaban J connectivity index is 2.85. The number of unbranched alkanes of at least 4 members (excludes halogenated alkanes) is 1. The number of rotatable bonds is 6. The van der Waals surface area contributed by atoms with Crippen molar-refractivity contribution in [3.63, 3.8) is 0 Å². The molecule has 0 fully saturated rings. The van der Waals surface area contributed by atoms with Gasteiger partial charge in [0.25, 0.3) is 5.91 Å². The predicted molar refractivity (Wildman–Crippen MR) is 66.5 cm³/mol. The predicted octanol–water partition coefficient (Wildman–Crippen LogP) is 1.90. The van der Waals surface area contributed by atoms with Gasteiger partial charge in [0.05, 0.1) is 0 Å². The number of amides is 1. The molecule has 0 saturated carbocycles. The normalized spacial score (nSPS) is 11.9. The molecule has 0 heterocycles. The molecule has 5 nitrogen and oxygen atoms in total. The van der Waals surface area contributed by atoms with Crippen LogP contribution in [0.1, 0.15) is 36.5 Å². The smallest absolute Gasteiger partial charge is 0.326 e. The number of aromatic hydroxyl groups is 1. The highest BCUT2D eigenvalue weighted by Crippen LogP contribution is 2.19. The van der Waals surface area contributed by atoms with Gasteiger partial charge in [-0.2, -0.15) is 0 Å². The van der Waals surface area contributed by atoms with Crippen molar-refractivity contribution in [2.75, 3.05) is 0 Å². The lowest BCUT2D eigenvalue weighted by Gasteiger charge is -2.14. The van der Waals surface area contributed by atoms with E-state index in [1.54, 1.807) is 0 Å². The largest absolute Gasteiger partial charge is 0.507 e. The summed E-state index contributed by atoms with van der Waals surface area (Å²) in [5, 5.41) is 20.6. The second kappa shape index (κ2) is 6.72. The lowest BCUT2D eigenvalue weighted by Crippen LogP contribution is -2.41. The SMILES string of the molecule is CCCCC(NC(=O)c1c(O)cccc1F)C(=O)O. The molecule has 0 aliphatic rings. The number of carboxylic acid groups (broad SMARTS) is 1. The molecule has 1 rings (SSSR count). The highest BCUT2D eigenvalue weighted by Gasteiger charge is 2.23. The number of phenols is 1. The van der Waals surface area contributed by atoms with Crippen LogP contribution in [0.2, 0.25) is 0 Å². The second-order valence-corrected chi connectivity index (χ2v) is 4.14. The van der Waals surface area contributed by atoms with Crippen molar-refractivity contribution >= 4 is 11.9 Å². The summed E-state index contributed by atoms with van der Waals surface area (Å²) < 4.78 is 13.4. The molecule has 0 spiro atoms. The quantitative estimate of drug-likeness (QED) is 0.736. The molecule has 1 aromatic rings. The second-order valence-electron chi connectivity index (χ2n) is 4.14. The Kier molecular flexibility index (Phi) is 5.29. The number of aliphatic carboxylic acids is 1. The van der Waals surface area contributed by atoms with Crippen LogP contribution in [0.25, 0.3) is 0 Å². The maximum absolute atomic E-state index is 13.4. The Morgan fingerprint density at radius 3 is 2.63 bits per heavy atom. The zero-order valence-electron chi connectivity index (χ0n) is 10.5. The fraction of sp³-hybridized carbons (Fsp3) is 0.385. The summed E-state index contributed by atoms with van der Waals surface area (Å²) in [4.78, 5) is 22.8. The highest BCUT2D eigenvalue weighted by atomic mass is 19.1. The molecule has 1 unspecified atom stereocenters.